The van der Waals surface area contributed by atoms with E-state index < -0.39 is 5.97 Å². The van der Waals surface area contributed by atoms with Crippen LogP contribution in [0.2, 0.25) is 0 Å². The summed E-state index contributed by atoms with van der Waals surface area (Å²) in [4.78, 5) is 11.2. The van der Waals surface area contributed by atoms with Crippen molar-refractivity contribution in [3.8, 4) is 11.8 Å². The van der Waals surface area contributed by atoms with Crippen molar-refractivity contribution >= 4 is 5.97 Å². The zero-order chi connectivity index (χ0) is 12.7. The van der Waals surface area contributed by atoms with E-state index in [0.29, 0.717) is 17.9 Å². The van der Waals surface area contributed by atoms with E-state index in [4.69, 9.17) is 14.7 Å². The van der Waals surface area contributed by atoms with Gasteiger partial charge in [-0.3, -0.25) is 0 Å². The second-order valence-electron chi connectivity index (χ2n) is 3.25. The van der Waals surface area contributed by atoms with Crippen LogP contribution in [0.3, 0.4) is 0 Å². The average molecular weight is 231 g/mol. The predicted molar refractivity (Wildman–Crippen MR) is 62.4 cm³/mol. The van der Waals surface area contributed by atoms with Gasteiger partial charge in [0.05, 0.1) is 23.8 Å². The summed E-state index contributed by atoms with van der Waals surface area (Å²) in [6.07, 6.45) is 0. The minimum absolute atomic E-state index is 0.0493. The molecule has 0 N–H and O–H groups in total. The van der Waals surface area contributed by atoms with Gasteiger partial charge in [-0.15, -0.1) is 0 Å². The number of nitriles is 1. The lowest BCUT2D eigenvalue weighted by Gasteiger charge is -2.08. The van der Waals surface area contributed by atoms with Gasteiger partial charge >= 0.3 is 5.97 Å². The zero-order valence-electron chi connectivity index (χ0n) is 9.60. The maximum atomic E-state index is 11.2. The lowest BCUT2D eigenvalue weighted by atomic mass is 10.2. The molecule has 1 aromatic carbocycles. The van der Waals surface area contributed by atoms with E-state index in [2.05, 4.69) is 6.58 Å². The Bertz CT molecular complexity index is 460. The fraction of sp³-hybridized carbons (Fsp3) is 0.231. The first-order valence-electron chi connectivity index (χ1n) is 5.15. The highest BCUT2D eigenvalue weighted by Gasteiger charge is 2.08. The third kappa shape index (κ3) is 3.99. The Labute approximate surface area is 100 Å². The highest BCUT2D eigenvalue weighted by molar-refractivity contribution is 5.88. The lowest BCUT2D eigenvalue weighted by Crippen LogP contribution is -2.13. The molecule has 0 aromatic heterocycles. The number of nitrogens with zero attached hydrogens (tertiary/aromatic N) is 1. The fourth-order valence-corrected chi connectivity index (χ4v) is 1.12. The van der Waals surface area contributed by atoms with Gasteiger partial charge < -0.3 is 9.47 Å². The Kier molecular flexibility index (Phi) is 4.77. The Morgan fingerprint density at radius 2 is 2.29 bits per heavy atom. The van der Waals surface area contributed by atoms with Crippen LogP contribution in [0.4, 0.5) is 0 Å². The first kappa shape index (κ1) is 12.8. The molecular weight excluding hydrogens is 218 g/mol. The highest BCUT2D eigenvalue weighted by atomic mass is 16.5. The van der Waals surface area contributed by atoms with E-state index >= 15 is 0 Å². The molecule has 0 aliphatic heterocycles. The summed E-state index contributed by atoms with van der Waals surface area (Å²) < 4.78 is 10.1. The van der Waals surface area contributed by atoms with E-state index in [1.165, 1.54) is 0 Å². The molecule has 0 unspecified atom stereocenters. The second-order valence-corrected chi connectivity index (χ2v) is 3.25. The Balaban J connectivity index is 2.53. The topological polar surface area (TPSA) is 59.3 Å². The standard InChI is InChI=1S/C13H13NO3/c1-3-16-13(15)10(2)9-17-12-6-4-5-11(7-12)8-14/h4-7H,2-3,9H2,1H3. The minimum Gasteiger partial charge on any atom is -0.489 e. The van der Waals surface area contributed by atoms with Gasteiger partial charge in [0.15, 0.2) is 0 Å². The Morgan fingerprint density at radius 3 is 2.94 bits per heavy atom. The maximum absolute atomic E-state index is 11.2. The number of benzene rings is 1. The van der Waals surface area contributed by atoms with E-state index in [1.54, 1.807) is 31.2 Å². The summed E-state index contributed by atoms with van der Waals surface area (Å²) in [5.41, 5.74) is 0.749. The number of ether oxygens (including phenoxy) is 2. The van der Waals surface area contributed by atoms with Crippen molar-refractivity contribution < 1.29 is 14.3 Å². The quantitative estimate of drug-likeness (QED) is 0.575. The smallest absolute Gasteiger partial charge is 0.336 e. The van der Waals surface area contributed by atoms with Crippen molar-refractivity contribution in [1.82, 2.24) is 0 Å². The molecule has 0 saturated carbocycles. The van der Waals surface area contributed by atoms with Crippen LogP contribution in [0, 0.1) is 11.3 Å². The predicted octanol–water partition coefficient (Wildman–Crippen LogP) is 2.06. The molecule has 88 valence electrons. The molecule has 0 saturated heterocycles. The van der Waals surface area contributed by atoms with E-state index in [9.17, 15) is 4.79 Å². The van der Waals surface area contributed by atoms with Crippen molar-refractivity contribution in [1.29, 1.82) is 5.26 Å². The monoisotopic (exact) mass is 231 g/mol. The van der Waals surface area contributed by atoms with Crippen LogP contribution in [0.5, 0.6) is 5.75 Å². The number of carbonyl (C=O) groups excluding carboxylic acids is 1. The molecule has 1 rings (SSSR count). The molecule has 0 aliphatic carbocycles. The van der Waals surface area contributed by atoms with Crippen LogP contribution in [0.15, 0.2) is 36.4 Å². The summed E-state index contributed by atoms with van der Waals surface area (Å²) in [6, 6.07) is 8.69. The van der Waals surface area contributed by atoms with Gasteiger partial charge in [-0.05, 0) is 25.1 Å². The molecule has 0 aliphatic rings. The van der Waals surface area contributed by atoms with Crippen molar-refractivity contribution in [2.45, 2.75) is 6.92 Å². The Morgan fingerprint density at radius 1 is 1.53 bits per heavy atom. The summed E-state index contributed by atoms with van der Waals surface area (Å²) in [5.74, 6) is 0.0541. The molecule has 0 amide bonds. The number of esters is 1. The fourth-order valence-electron chi connectivity index (χ4n) is 1.12. The lowest BCUT2D eigenvalue weighted by molar-refractivity contribution is -0.138. The number of hydrogen-bond acceptors (Lipinski definition) is 4. The van der Waals surface area contributed by atoms with Crippen LogP contribution in [-0.2, 0) is 9.53 Å². The largest absolute Gasteiger partial charge is 0.489 e. The third-order valence-corrected chi connectivity index (χ3v) is 1.94. The van der Waals surface area contributed by atoms with Crippen LogP contribution in [-0.4, -0.2) is 19.2 Å². The molecule has 0 heterocycles. The van der Waals surface area contributed by atoms with Gasteiger partial charge in [0.25, 0.3) is 0 Å². The molecular formula is C13H13NO3. The van der Waals surface area contributed by atoms with Crippen molar-refractivity contribution in [2.24, 2.45) is 0 Å². The summed E-state index contributed by atoms with van der Waals surface area (Å²) in [6.45, 7) is 5.65. The van der Waals surface area contributed by atoms with Gasteiger partial charge in [0.2, 0.25) is 0 Å². The molecule has 0 atom stereocenters. The molecule has 0 fully saturated rings. The molecule has 4 nitrogen and oxygen atoms in total. The number of hydrogen-bond donors (Lipinski definition) is 0. The summed E-state index contributed by atoms with van der Waals surface area (Å²) in [7, 11) is 0. The third-order valence-electron chi connectivity index (χ3n) is 1.94. The van der Waals surface area contributed by atoms with Gasteiger partial charge in [-0.1, -0.05) is 12.6 Å². The molecule has 1 aromatic rings. The average Bonchev–Trinajstić information content (AvgIpc) is 2.36. The SMILES string of the molecule is C=C(COc1cccc(C#N)c1)C(=O)OCC. The molecule has 17 heavy (non-hydrogen) atoms. The number of carbonyl (C=O) groups is 1. The highest BCUT2D eigenvalue weighted by Crippen LogP contribution is 2.13. The second kappa shape index (κ2) is 6.33. The maximum Gasteiger partial charge on any atom is 0.336 e. The molecule has 0 spiro atoms. The van der Waals surface area contributed by atoms with E-state index in [0.717, 1.165) is 0 Å². The summed E-state index contributed by atoms with van der Waals surface area (Å²) in [5, 5.41) is 8.70. The van der Waals surface area contributed by atoms with Crippen LogP contribution in [0.1, 0.15) is 12.5 Å². The van der Waals surface area contributed by atoms with Crippen LogP contribution >= 0.6 is 0 Å². The van der Waals surface area contributed by atoms with E-state index in [-0.39, 0.29) is 12.2 Å². The van der Waals surface area contributed by atoms with Gasteiger partial charge in [-0.25, -0.2) is 4.79 Å². The Hall–Kier alpha value is -2.28. The van der Waals surface area contributed by atoms with Crippen LogP contribution in [0.25, 0.3) is 0 Å². The van der Waals surface area contributed by atoms with Crippen LogP contribution < -0.4 is 4.74 Å². The number of rotatable bonds is 5. The van der Waals surface area contributed by atoms with Gasteiger partial charge in [-0.2, -0.15) is 5.26 Å². The summed E-state index contributed by atoms with van der Waals surface area (Å²) >= 11 is 0. The molecule has 0 bridgehead atoms. The first-order valence-corrected chi connectivity index (χ1v) is 5.15. The van der Waals surface area contributed by atoms with Gasteiger partial charge in [0.1, 0.15) is 12.4 Å². The van der Waals surface area contributed by atoms with Crippen molar-refractivity contribution in [3.05, 3.63) is 42.0 Å². The molecule has 0 radical (unpaired) electrons. The molecule has 4 heteroatoms. The zero-order valence-corrected chi connectivity index (χ0v) is 9.60. The minimum atomic E-state index is -0.469. The van der Waals surface area contributed by atoms with Crippen molar-refractivity contribution in [2.75, 3.05) is 13.2 Å². The van der Waals surface area contributed by atoms with E-state index in [1.807, 2.05) is 6.07 Å². The van der Waals surface area contributed by atoms with Gasteiger partial charge in [0, 0.05) is 0 Å². The first-order chi connectivity index (χ1) is 8.17. The normalized spacial score (nSPS) is 9.18. The van der Waals surface area contributed by atoms with Crippen molar-refractivity contribution in [3.63, 3.8) is 0 Å².